The molecule has 0 spiro atoms. The first kappa shape index (κ1) is 17.9. The van der Waals surface area contributed by atoms with E-state index in [2.05, 4.69) is 19.2 Å². The van der Waals surface area contributed by atoms with Crippen molar-refractivity contribution < 1.29 is 14.7 Å². The molecule has 0 aromatic rings. The second-order valence-corrected chi connectivity index (χ2v) is 5.62. The smallest absolute Gasteiger partial charge is 0.303 e. The van der Waals surface area contributed by atoms with Gasteiger partial charge in [-0.2, -0.15) is 0 Å². The zero-order valence-electron chi connectivity index (χ0n) is 12.3. The van der Waals surface area contributed by atoms with E-state index in [4.69, 9.17) is 10.8 Å². The van der Waals surface area contributed by atoms with Gasteiger partial charge in [0.1, 0.15) is 0 Å². The minimum absolute atomic E-state index is 0.0266. The SMILES string of the molecule is CC(CN)CC(=O)NCCC(CCC(=O)O)C(C)C. The van der Waals surface area contributed by atoms with Gasteiger partial charge in [0.2, 0.25) is 5.91 Å². The summed E-state index contributed by atoms with van der Waals surface area (Å²) in [6.45, 7) is 7.25. The van der Waals surface area contributed by atoms with Gasteiger partial charge < -0.3 is 16.2 Å². The summed E-state index contributed by atoms with van der Waals surface area (Å²) in [6.07, 6.45) is 2.15. The molecule has 0 bridgehead atoms. The molecule has 0 heterocycles. The van der Waals surface area contributed by atoms with Crippen LogP contribution in [0.4, 0.5) is 0 Å². The van der Waals surface area contributed by atoms with E-state index in [9.17, 15) is 9.59 Å². The predicted octanol–water partition coefficient (Wildman–Crippen LogP) is 1.61. The molecule has 0 aliphatic rings. The van der Waals surface area contributed by atoms with Crippen molar-refractivity contribution in [2.24, 2.45) is 23.5 Å². The third-order valence-electron chi connectivity index (χ3n) is 3.45. The number of nitrogens with one attached hydrogen (secondary N) is 1. The van der Waals surface area contributed by atoms with Crippen LogP contribution in [0.2, 0.25) is 0 Å². The van der Waals surface area contributed by atoms with E-state index in [1.54, 1.807) is 0 Å². The average Bonchev–Trinajstić information content (AvgIpc) is 2.32. The van der Waals surface area contributed by atoms with E-state index in [0.717, 1.165) is 6.42 Å². The molecule has 0 aromatic heterocycles. The summed E-state index contributed by atoms with van der Waals surface area (Å²) in [7, 11) is 0. The molecule has 19 heavy (non-hydrogen) atoms. The number of hydrogen-bond donors (Lipinski definition) is 3. The fraction of sp³-hybridized carbons (Fsp3) is 0.857. The summed E-state index contributed by atoms with van der Waals surface area (Å²) in [4.78, 5) is 22.2. The lowest BCUT2D eigenvalue weighted by Crippen LogP contribution is -2.29. The number of amides is 1. The van der Waals surface area contributed by atoms with Crippen molar-refractivity contribution in [2.45, 2.75) is 46.5 Å². The molecule has 2 atom stereocenters. The predicted molar refractivity (Wildman–Crippen MR) is 75.7 cm³/mol. The molecule has 0 saturated heterocycles. The molecule has 0 aliphatic carbocycles. The molecule has 112 valence electrons. The number of hydrogen-bond acceptors (Lipinski definition) is 3. The van der Waals surface area contributed by atoms with Gasteiger partial charge >= 0.3 is 5.97 Å². The zero-order valence-corrected chi connectivity index (χ0v) is 12.3. The van der Waals surface area contributed by atoms with Gasteiger partial charge in [-0.3, -0.25) is 9.59 Å². The molecule has 0 radical (unpaired) electrons. The maximum Gasteiger partial charge on any atom is 0.303 e. The van der Waals surface area contributed by atoms with Crippen LogP contribution in [0, 0.1) is 17.8 Å². The number of rotatable bonds is 10. The summed E-state index contributed by atoms with van der Waals surface area (Å²) in [5.41, 5.74) is 5.47. The van der Waals surface area contributed by atoms with Gasteiger partial charge in [-0.05, 0) is 37.1 Å². The fourth-order valence-corrected chi connectivity index (χ4v) is 1.99. The first-order chi connectivity index (χ1) is 8.86. The molecule has 5 heteroatoms. The number of carboxylic acid groups (broad SMARTS) is 1. The van der Waals surface area contributed by atoms with Gasteiger partial charge in [0.25, 0.3) is 0 Å². The monoisotopic (exact) mass is 272 g/mol. The topological polar surface area (TPSA) is 92.4 Å². The van der Waals surface area contributed by atoms with Crippen LogP contribution >= 0.6 is 0 Å². The summed E-state index contributed by atoms with van der Waals surface area (Å²) >= 11 is 0. The van der Waals surface area contributed by atoms with Crippen LogP contribution in [0.1, 0.15) is 46.5 Å². The molecule has 2 unspecified atom stereocenters. The molecule has 0 rings (SSSR count). The van der Waals surface area contributed by atoms with E-state index < -0.39 is 5.97 Å². The quantitative estimate of drug-likeness (QED) is 0.563. The maximum absolute atomic E-state index is 11.6. The summed E-state index contributed by atoms with van der Waals surface area (Å²) in [5.74, 6) is 0.237. The third kappa shape index (κ3) is 9.47. The van der Waals surface area contributed by atoms with Gasteiger partial charge in [0, 0.05) is 19.4 Å². The number of nitrogens with two attached hydrogens (primary N) is 1. The first-order valence-electron chi connectivity index (χ1n) is 7.05. The molecule has 5 nitrogen and oxygen atoms in total. The number of aliphatic carboxylic acids is 1. The summed E-state index contributed by atoms with van der Waals surface area (Å²) in [5, 5.41) is 11.6. The van der Waals surface area contributed by atoms with Crippen LogP contribution in [-0.4, -0.2) is 30.1 Å². The van der Waals surface area contributed by atoms with Crippen LogP contribution in [0.5, 0.6) is 0 Å². The average molecular weight is 272 g/mol. The fourth-order valence-electron chi connectivity index (χ4n) is 1.99. The Labute approximate surface area is 115 Å². The second kappa shape index (κ2) is 9.78. The van der Waals surface area contributed by atoms with E-state index in [0.29, 0.717) is 37.8 Å². The van der Waals surface area contributed by atoms with E-state index in [-0.39, 0.29) is 18.2 Å². The number of carbonyl (C=O) groups is 2. The van der Waals surface area contributed by atoms with Gasteiger partial charge in [0.15, 0.2) is 0 Å². The number of carbonyl (C=O) groups excluding carboxylic acids is 1. The third-order valence-corrected chi connectivity index (χ3v) is 3.45. The summed E-state index contributed by atoms with van der Waals surface area (Å²) < 4.78 is 0. The lowest BCUT2D eigenvalue weighted by atomic mass is 9.88. The van der Waals surface area contributed by atoms with Crippen molar-refractivity contribution in [1.82, 2.24) is 5.32 Å². The van der Waals surface area contributed by atoms with Gasteiger partial charge in [-0.15, -0.1) is 0 Å². The van der Waals surface area contributed by atoms with Crippen molar-refractivity contribution in [3.8, 4) is 0 Å². The van der Waals surface area contributed by atoms with Crippen LogP contribution in [0.3, 0.4) is 0 Å². The largest absolute Gasteiger partial charge is 0.481 e. The second-order valence-electron chi connectivity index (χ2n) is 5.62. The normalized spacial score (nSPS) is 14.2. The Bertz CT molecular complexity index is 280. The zero-order chi connectivity index (χ0) is 14.8. The standard InChI is InChI=1S/C14H28N2O3/c1-10(2)12(4-5-14(18)19)6-7-16-13(17)8-11(3)9-15/h10-12H,4-9,15H2,1-3H3,(H,16,17)(H,18,19). The van der Waals surface area contributed by atoms with Crippen molar-refractivity contribution in [3.63, 3.8) is 0 Å². The minimum Gasteiger partial charge on any atom is -0.481 e. The highest BCUT2D eigenvalue weighted by atomic mass is 16.4. The molecule has 0 aromatic carbocycles. The summed E-state index contributed by atoms with van der Waals surface area (Å²) in [6, 6.07) is 0. The van der Waals surface area contributed by atoms with E-state index in [1.807, 2.05) is 6.92 Å². The van der Waals surface area contributed by atoms with Crippen molar-refractivity contribution in [3.05, 3.63) is 0 Å². The minimum atomic E-state index is -0.758. The first-order valence-corrected chi connectivity index (χ1v) is 7.05. The molecule has 1 amide bonds. The Kier molecular flexibility index (Phi) is 9.21. The van der Waals surface area contributed by atoms with E-state index in [1.165, 1.54) is 0 Å². The Morgan fingerprint density at radius 1 is 1.21 bits per heavy atom. The lowest BCUT2D eigenvalue weighted by molar-refractivity contribution is -0.137. The maximum atomic E-state index is 11.6. The van der Waals surface area contributed by atoms with Crippen LogP contribution in [-0.2, 0) is 9.59 Å². The molecule has 0 fully saturated rings. The van der Waals surface area contributed by atoms with Gasteiger partial charge in [-0.1, -0.05) is 20.8 Å². The van der Waals surface area contributed by atoms with Crippen LogP contribution < -0.4 is 11.1 Å². The highest BCUT2D eigenvalue weighted by molar-refractivity contribution is 5.76. The highest BCUT2D eigenvalue weighted by Gasteiger charge is 2.15. The van der Waals surface area contributed by atoms with E-state index >= 15 is 0 Å². The van der Waals surface area contributed by atoms with Crippen LogP contribution in [0.15, 0.2) is 0 Å². The highest BCUT2D eigenvalue weighted by Crippen LogP contribution is 2.20. The van der Waals surface area contributed by atoms with Gasteiger partial charge in [0.05, 0.1) is 0 Å². The van der Waals surface area contributed by atoms with Crippen molar-refractivity contribution >= 4 is 11.9 Å². The molecular formula is C14H28N2O3. The Balaban J connectivity index is 3.92. The van der Waals surface area contributed by atoms with Gasteiger partial charge in [-0.25, -0.2) is 0 Å². The molecular weight excluding hydrogens is 244 g/mol. The Morgan fingerprint density at radius 2 is 1.84 bits per heavy atom. The van der Waals surface area contributed by atoms with Crippen LogP contribution in [0.25, 0.3) is 0 Å². The molecule has 0 aliphatic heterocycles. The molecule has 0 saturated carbocycles. The lowest BCUT2D eigenvalue weighted by Gasteiger charge is -2.20. The number of carboxylic acids is 1. The van der Waals surface area contributed by atoms with Crippen molar-refractivity contribution in [2.75, 3.05) is 13.1 Å². The van der Waals surface area contributed by atoms with Crippen molar-refractivity contribution in [1.29, 1.82) is 0 Å². The Morgan fingerprint density at radius 3 is 2.32 bits per heavy atom. The molecule has 4 N–H and O–H groups in total. The Hall–Kier alpha value is -1.10.